The van der Waals surface area contributed by atoms with Crippen molar-refractivity contribution in [2.24, 2.45) is 0 Å². The quantitative estimate of drug-likeness (QED) is 0.792. The van der Waals surface area contributed by atoms with Crippen molar-refractivity contribution in [2.75, 3.05) is 4.90 Å². The number of carbonyl (C=O) groups excluding carboxylic acids is 2. The number of nitrogens with zero attached hydrogens (tertiary/aromatic N) is 1. The van der Waals surface area contributed by atoms with Gasteiger partial charge < -0.3 is 4.74 Å². The van der Waals surface area contributed by atoms with Crippen LogP contribution in [0, 0.1) is 0 Å². The first-order valence-corrected chi connectivity index (χ1v) is 7.30. The number of anilines is 1. The van der Waals surface area contributed by atoms with E-state index in [4.69, 9.17) is 4.74 Å². The predicted octanol–water partition coefficient (Wildman–Crippen LogP) is 3.71. The second-order valence-electron chi connectivity index (χ2n) is 5.30. The lowest BCUT2D eigenvalue weighted by molar-refractivity contribution is -0.139. The topological polar surface area (TPSA) is 46.6 Å². The fourth-order valence-corrected chi connectivity index (χ4v) is 2.39. The standard InChI is InChI=1S/C18H12F3NO3/c19-18(20,21)14-10-13(22-16(23)8-9-17(22)24)6-7-15(14)25-11-12-4-2-1-3-5-12/h1-10H,11H2. The zero-order chi connectivity index (χ0) is 18.0. The van der Waals surface area contributed by atoms with E-state index in [-0.39, 0.29) is 18.0 Å². The molecule has 2 amide bonds. The molecule has 25 heavy (non-hydrogen) atoms. The summed E-state index contributed by atoms with van der Waals surface area (Å²) in [6, 6.07) is 11.9. The highest BCUT2D eigenvalue weighted by Gasteiger charge is 2.36. The molecule has 0 atom stereocenters. The van der Waals surface area contributed by atoms with E-state index >= 15 is 0 Å². The van der Waals surface area contributed by atoms with E-state index in [9.17, 15) is 22.8 Å². The first kappa shape index (κ1) is 16.8. The molecule has 4 nitrogen and oxygen atoms in total. The van der Waals surface area contributed by atoms with Crippen LogP contribution in [-0.2, 0) is 22.4 Å². The molecule has 2 aromatic rings. The normalized spacial score (nSPS) is 14.3. The van der Waals surface area contributed by atoms with Crippen LogP contribution < -0.4 is 9.64 Å². The molecular weight excluding hydrogens is 335 g/mol. The SMILES string of the molecule is O=C1C=CC(=O)N1c1ccc(OCc2ccccc2)c(C(F)(F)F)c1. The van der Waals surface area contributed by atoms with Crippen LogP contribution in [0.1, 0.15) is 11.1 Å². The summed E-state index contributed by atoms with van der Waals surface area (Å²) in [5, 5.41) is 0. The molecule has 3 rings (SSSR count). The van der Waals surface area contributed by atoms with Gasteiger partial charge in [-0.2, -0.15) is 13.2 Å². The van der Waals surface area contributed by atoms with Crippen molar-refractivity contribution >= 4 is 17.5 Å². The van der Waals surface area contributed by atoms with E-state index in [1.165, 1.54) is 6.07 Å². The molecule has 0 N–H and O–H groups in total. The van der Waals surface area contributed by atoms with Crippen molar-refractivity contribution in [1.82, 2.24) is 0 Å². The minimum absolute atomic E-state index is 0.0353. The molecule has 7 heteroatoms. The third-order valence-corrected chi connectivity index (χ3v) is 3.57. The van der Waals surface area contributed by atoms with Gasteiger partial charge in [-0.1, -0.05) is 30.3 Å². The minimum atomic E-state index is -4.69. The predicted molar refractivity (Wildman–Crippen MR) is 83.9 cm³/mol. The molecule has 1 aliphatic rings. The highest BCUT2D eigenvalue weighted by molar-refractivity contribution is 6.28. The lowest BCUT2D eigenvalue weighted by Crippen LogP contribution is -2.29. The van der Waals surface area contributed by atoms with Crippen LogP contribution in [0.5, 0.6) is 5.75 Å². The number of alkyl halides is 3. The number of carbonyl (C=O) groups is 2. The van der Waals surface area contributed by atoms with Gasteiger partial charge >= 0.3 is 6.18 Å². The number of benzene rings is 2. The number of ether oxygens (including phenoxy) is 1. The number of imide groups is 1. The number of amides is 2. The Bertz CT molecular complexity index is 826. The smallest absolute Gasteiger partial charge is 0.420 e. The average Bonchev–Trinajstić information content (AvgIpc) is 2.92. The van der Waals surface area contributed by atoms with Gasteiger partial charge in [0.2, 0.25) is 0 Å². The lowest BCUT2D eigenvalue weighted by Gasteiger charge is -2.19. The van der Waals surface area contributed by atoms with E-state index in [1.807, 2.05) is 0 Å². The van der Waals surface area contributed by atoms with Crippen molar-refractivity contribution < 1.29 is 27.5 Å². The highest BCUT2D eigenvalue weighted by Crippen LogP contribution is 2.39. The Morgan fingerprint density at radius 3 is 2.16 bits per heavy atom. The number of hydrogen-bond acceptors (Lipinski definition) is 3. The van der Waals surface area contributed by atoms with Gasteiger partial charge in [-0.25, -0.2) is 4.90 Å². The zero-order valence-corrected chi connectivity index (χ0v) is 12.8. The largest absolute Gasteiger partial charge is 0.488 e. The van der Waals surface area contributed by atoms with Crippen molar-refractivity contribution in [3.63, 3.8) is 0 Å². The molecule has 1 aliphatic heterocycles. The van der Waals surface area contributed by atoms with Crippen LogP contribution in [-0.4, -0.2) is 11.8 Å². The molecule has 0 aliphatic carbocycles. The molecule has 2 aromatic carbocycles. The van der Waals surface area contributed by atoms with Crippen LogP contribution in [0.4, 0.5) is 18.9 Å². The molecule has 0 saturated heterocycles. The first-order chi connectivity index (χ1) is 11.9. The molecule has 0 unspecified atom stereocenters. The summed E-state index contributed by atoms with van der Waals surface area (Å²) < 4.78 is 45.4. The lowest BCUT2D eigenvalue weighted by atomic mass is 10.1. The summed E-state index contributed by atoms with van der Waals surface area (Å²) in [5.74, 6) is -1.74. The summed E-state index contributed by atoms with van der Waals surface area (Å²) in [4.78, 5) is 24.0. The minimum Gasteiger partial charge on any atom is -0.488 e. The zero-order valence-electron chi connectivity index (χ0n) is 12.8. The van der Waals surface area contributed by atoms with Crippen LogP contribution in [0.15, 0.2) is 60.7 Å². The number of rotatable bonds is 4. The van der Waals surface area contributed by atoms with Gasteiger partial charge in [0.15, 0.2) is 0 Å². The molecule has 128 valence electrons. The van der Waals surface area contributed by atoms with E-state index in [0.717, 1.165) is 24.3 Å². The van der Waals surface area contributed by atoms with E-state index in [2.05, 4.69) is 0 Å². The third kappa shape index (κ3) is 3.55. The molecule has 0 saturated carbocycles. The Kier molecular flexibility index (Phi) is 4.31. The summed E-state index contributed by atoms with van der Waals surface area (Å²) in [6.07, 6.45) is -2.67. The third-order valence-electron chi connectivity index (χ3n) is 3.57. The number of hydrogen-bond donors (Lipinski definition) is 0. The molecule has 0 fully saturated rings. The second-order valence-corrected chi connectivity index (χ2v) is 5.30. The fourth-order valence-electron chi connectivity index (χ4n) is 2.39. The van der Waals surface area contributed by atoms with Crippen LogP contribution >= 0.6 is 0 Å². The summed E-state index contributed by atoms with van der Waals surface area (Å²) in [6.45, 7) is -0.0353. The van der Waals surface area contributed by atoms with Crippen LogP contribution in [0.25, 0.3) is 0 Å². The van der Waals surface area contributed by atoms with Gasteiger partial charge in [-0.3, -0.25) is 9.59 Å². The van der Waals surface area contributed by atoms with E-state index in [1.54, 1.807) is 30.3 Å². The number of halogens is 3. The van der Waals surface area contributed by atoms with Crippen molar-refractivity contribution in [3.05, 3.63) is 71.8 Å². The summed E-state index contributed by atoms with van der Waals surface area (Å²) in [5.41, 5.74) is -0.485. The second kappa shape index (κ2) is 6.43. The van der Waals surface area contributed by atoms with Gasteiger partial charge in [-0.05, 0) is 23.8 Å². The Balaban J connectivity index is 1.91. The Morgan fingerprint density at radius 1 is 0.920 bits per heavy atom. The molecule has 1 heterocycles. The first-order valence-electron chi connectivity index (χ1n) is 7.30. The molecule has 0 spiro atoms. The van der Waals surface area contributed by atoms with Gasteiger partial charge in [0, 0.05) is 12.2 Å². The fraction of sp³-hybridized carbons (Fsp3) is 0.111. The van der Waals surface area contributed by atoms with Crippen molar-refractivity contribution in [1.29, 1.82) is 0 Å². The Hall–Kier alpha value is -3.09. The van der Waals surface area contributed by atoms with E-state index < -0.39 is 23.6 Å². The van der Waals surface area contributed by atoms with Crippen molar-refractivity contribution in [3.8, 4) is 5.75 Å². The maximum absolute atomic E-state index is 13.4. The van der Waals surface area contributed by atoms with Gasteiger partial charge in [-0.15, -0.1) is 0 Å². The summed E-state index contributed by atoms with van der Waals surface area (Å²) >= 11 is 0. The molecule has 0 bridgehead atoms. The highest BCUT2D eigenvalue weighted by atomic mass is 19.4. The van der Waals surface area contributed by atoms with Gasteiger partial charge in [0.1, 0.15) is 12.4 Å². The molecule has 0 radical (unpaired) electrons. The van der Waals surface area contributed by atoms with Crippen molar-refractivity contribution in [2.45, 2.75) is 12.8 Å². The van der Waals surface area contributed by atoms with Gasteiger partial charge in [0.25, 0.3) is 11.8 Å². The molecule has 0 aromatic heterocycles. The Morgan fingerprint density at radius 2 is 1.56 bits per heavy atom. The van der Waals surface area contributed by atoms with E-state index in [0.29, 0.717) is 10.5 Å². The van der Waals surface area contributed by atoms with Crippen LogP contribution in [0.3, 0.4) is 0 Å². The maximum Gasteiger partial charge on any atom is 0.420 e. The average molecular weight is 347 g/mol. The summed E-state index contributed by atoms with van der Waals surface area (Å²) in [7, 11) is 0. The monoisotopic (exact) mass is 347 g/mol. The molecular formula is C18H12F3NO3. The maximum atomic E-state index is 13.4. The van der Waals surface area contributed by atoms with Gasteiger partial charge in [0.05, 0.1) is 11.3 Å². The van der Waals surface area contributed by atoms with Crippen LogP contribution in [0.2, 0.25) is 0 Å². The Labute approximate surface area is 141 Å².